The van der Waals surface area contributed by atoms with Gasteiger partial charge in [0.15, 0.2) is 0 Å². The van der Waals surface area contributed by atoms with Crippen LogP contribution in [0.4, 0.5) is 0 Å². The summed E-state index contributed by atoms with van der Waals surface area (Å²) >= 11 is 5.96. The molecule has 0 bridgehead atoms. The lowest BCUT2D eigenvalue weighted by Crippen LogP contribution is -2.06. The molecule has 0 saturated carbocycles. The molecule has 2 nitrogen and oxygen atoms in total. The molecule has 3 heteroatoms. The Morgan fingerprint density at radius 2 is 1.90 bits per heavy atom. The summed E-state index contributed by atoms with van der Waals surface area (Å²) in [5, 5.41) is 11.3. The van der Waals surface area contributed by atoms with Crippen LogP contribution in [0.5, 0.6) is 5.75 Å². The van der Waals surface area contributed by atoms with Crippen LogP contribution in [0.25, 0.3) is 0 Å². The standard InChI is InChI=1S/C17H19ClO2/c1-3-10-20-16-7-5-4-6-15(16)17(19)14-9-8-13(18)11-12(14)2/h4-9,11,17,19H,3,10H2,1-2H3. The second kappa shape index (κ2) is 6.78. The van der Waals surface area contributed by atoms with Gasteiger partial charge in [0.1, 0.15) is 11.9 Å². The van der Waals surface area contributed by atoms with Crippen LogP contribution in [0.1, 0.15) is 36.1 Å². The lowest BCUT2D eigenvalue weighted by atomic mass is 9.97. The van der Waals surface area contributed by atoms with Gasteiger partial charge in [-0.15, -0.1) is 0 Å². The van der Waals surface area contributed by atoms with Crippen molar-refractivity contribution >= 4 is 11.6 Å². The largest absolute Gasteiger partial charge is 0.493 e. The highest BCUT2D eigenvalue weighted by molar-refractivity contribution is 6.30. The Hall–Kier alpha value is -1.51. The minimum absolute atomic E-state index is 0.642. The van der Waals surface area contributed by atoms with Crippen molar-refractivity contribution in [1.29, 1.82) is 0 Å². The third-order valence-corrected chi connectivity index (χ3v) is 3.44. The summed E-state index contributed by atoms with van der Waals surface area (Å²) in [6.07, 6.45) is 0.227. The van der Waals surface area contributed by atoms with Crippen LogP contribution in [0.15, 0.2) is 42.5 Å². The molecule has 1 N–H and O–H groups in total. The number of benzene rings is 2. The van der Waals surface area contributed by atoms with Crippen LogP contribution in [0, 0.1) is 6.92 Å². The first-order valence-electron chi connectivity index (χ1n) is 6.79. The van der Waals surface area contributed by atoms with Gasteiger partial charge in [-0.2, -0.15) is 0 Å². The van der Waals surface area contributed by atoms with Crippen molar-refractivity contribution in [2.75, 3.05) is 6.61 Å². The first-order chi connectivity index (χ1) is 9.63. The van der Waals surface area contributed by atoms with Crippen molar-refractivity contribution in [3.63, 3.8) is 0 Å². The zero-order valence-electron chi connectivity index (χ0n) is 11.8. The van der Waals surface area contributed by atoms with E-state index in [0.29, 0.717) is 11.6 Å². The Kier molecular flexibility index (Phi) is 5.05. The Morgan fingerprint density at radius 1 is 1.15 bits per heavy atom. The van der Waals surface area contributed by atoms with Crippen molar-refractivity contribution < 1.29 is 9.84 Å². The molecule has 0 aliphatic carbocycles. The average molecular weight is 291 g/mol. The molecule has 0 spiro atoms. The van der Waals surface area contributed by atoms with Crippen LogP contribution in [-0.2, 0) is 0 Å². The zero-order valence-corrected chi connectivity index (χ0v) is 12.5. The van der Waals surface area contributed by atoms with E-state index >= 15 is 0 Å². The average Bonchev–Trinajstić information content (AvgIpc) is 2.45. The van der Waals surface area contributed by atoms with Gasteiger partial charge in [0.25, 0.3) is 0 Å². The van der Waals surface area contributed by atoms with Crippen LogP contribution < -0.4 is 4.74 Å². The number of aliphatic hydroxyl groups is 1. The van der Waals surface area contributed by atoms with E-state index in [1.54, 1.807) is 6.07 Å². The monoisotopic (exact) mass is 290 g/mol. The van der Waals surface area contributed by atoms with E-state index in [9.17, 15) is 5.11 Å². The Labute approximate surface area is 125 Å². The molecule has 0 saturated heterocycles. The molecule has 0 fully saturated rings. The number of halogens is 1. The van der Waals surface area contributed by atoms with Gasteiger partial charge in [0, 0.05) is 10.6 Å². The minimum Gasteiger partial charge on any atom is -0.493 e. The molecule has 0 amide bonds. The summed E-state index contributed by atoms with van der Waals surface area (Å²) in [6.45, 7) is 4.64. The van der Waals surface area contributed by atoms with Gasteiger partial charge in [-0.05, 0) is 42.7 Å². The molecule has 0 aliphatic rings. The number of para-hydroxylation sites is 1. The summed E-state index contributed by atoms with van der Waals surface area (Å²) in [6, 6.07) is 13.1. The first-order valence-corrected chi connectivity index (χ1v) is 7.17. The van der Waals surface area contributed by atoms with E-state index in [4.69, 9.17) is 16.3 Å². The maximum atomic E-state index is 10.6. The van der Waals surface area contributed by atoms with E-state index in [-0.39, 0.29) is 0 Å². The molecular weight excluding hydrogens is 272 g/mol. The van der Waals surface area contributed by atoms with Crippen molar-refractivity contribution in [2.45, 2.75) is 26.4 Å². The molecule has 2 aromatic carbocycles. The highest BCUT2D eigenvalue weighted by atomic mass is 35.5. The molecule has 2 aromatic rings. The van der Waals surface area contributed by atoms with Crippen molar-refractivity contribution in [2.24, 2.45) is 0 Å². The molecular formula is C17H19ClO2. The summed E-state index contributed by atoms with van der Waals surface area (Å²) in [5.74, 6) is 0.733. The summed E-state index contributed by atoms with van der Waals surface area (Å²) in [4.78, 5) is 0. The predicted octanol–water partition coefficient (Wildman–Crippen LogP) is 4.52. The molecule has 1 atom stereocenters. The summed E-state index contributed by atoms with van der Waals surface area (Å²) in [5.41, 5.74) is 2.60. The van der Waals surface area contributed by atoms with E-state index in [1.165, 1.54) is 0 Å². The topological polar surface area (TPSA) is 29.5 Å². The molecule has 1 unspecified atom stereocenters. The van der Waals surface area contributed by atoms with E-state index in [2.05, 4.69) is 6.92 Å². The minimum atomic E-state index is -0.708. The zero-order chi connectivity index (χ0) is 14.5. The molecule has 0 heterocycles. The number of aryl methyl sites for hydroxylation is 1. The molecule has 20 heavy (non-hydrogen) atoms. The van der Waals surface area contributed by atoms with Crippen molar-refractivity contribution in [3.05, 3.63) is 64.2 Å². The van der Waals surface area contributed by atoms with E-state index < -0.39 is 6.10 Å². The third kappa shape index (κ3) is 3.33. The number of aliphatic hydroxyl groups excluding tert-OH is 1. The van der Waals surface area contributed by atoms with Gasteiger partial charge < -0.3 is 9.84 Å². The Morgan fingerprint density at radius 3 is 2.60 bits per heavy atom. The normalized spacial score (nSPS) is 12.2. The maximum Gasteiger partial charge on any atom is 0.125 e. The number of hydrogen-bond acceptors (Lipinski definition) is 2. The first kappa shape index (κ1) is 14.9. The fourth-order valence-corrected chi connectivity index (χ4v) is 2.39. The second-order valence-corrected chi connectivity index (χ2v) is 5.23. The Balaban J connectivity index is 2.35. The van der Waals surface area contributed by atoms with Gasteiger partial charge in [-0.3, -0.25) is 0 Å². The molecule has 0 radical (unpaired) electrons. The highest BCUT2D eigenvalue weighted by Gasteiger charge is 2.17. The van der Waals surface area contributed by atoms with Crippen LogP contribution >= 0.6 is 11.6 Å². The fraction of sp³-hybridized carbons (Fsp3) is 0.294. The van der Waals surface area contributed by atoms with Gasteiger partial charge in [0.05, 0.1) is 6.61 Å². The smallest absolute Gasteiger partial charge is 0.125 e. The fourth-order valence-electron chi connectivity index (χ4n) is 2.16. The highest BCUT2D eigenvalue weighted by Crippen LogP contribution is 2.32. The second-order valence-electron chi connectivity index (χ2n) is 4.79. The SMILES string of the molecule is CCCOc1ccccc1C(O)c1ccc(Cl)cc1C. The number of rotatable bonds is 5. The predicted molar refractivity (Wildman–Crippen MR) is 82.5 cm³/mol. The van der Waals surface area contributed by atoms with Gasteiger partial charge >= 0.3 is 0 Å². The van der Waals surface area contributed by atoms with Crippen LogP contribution in [-0.4, -0.2) is 11.7 Å². The van der Waals surface area contributed by atoms with Gasteiger partial charge in [-0.1, -0.05) is 42.8 Å². The lowest BCUT2D eigenvalue weighted by molar-refractivity contribution is 0.210. The number of hydrogen-bond donors (Lipinski definition) is 1. The van der Waals surface area contributed by atoms with E-state index in [1.807, 2.05) is 43.3 Å². The molecule has 106 valence electrons. The maximum absolute atomic E-state index is 10.6. The number of ether oxygens (including phenoxy) is 1. The van der Waals surface area contributed by atoms with E-state index in [0.717, 1.165) is 28.9 Å². The van der Waals surface area contributed by atoms with Crippen LogP contribution in [0.2, 0.25) is 5.02 Å². The van der Waals surface area contributed by atoms with Crippen LogP contribution in [0.3, 0.4) is 0 Å². The molecule has 0 aliphatic heterocycles. The lowest BCUT2D eigenvalue weighted by Gasteiger charge is -2.18. The quantitative estimate of drug-likeness (QED) is 0.877. The Bertz CT molecular complexity index is 581. The van der Waals surface area contributed by atoms with Gasteiger partial charge in [-0.25, -0.2) is 0 Å². The summed E-state index contributed by atoms with van der Waals surface area (Å²) in [7, 11) is 0. The van der Waals surface area contributed by atoms with Crippen molar-refractivity contribution in [1.82, 2.24) is 0 Å². The molecule has 2 rings (SSSR count). The van der Waals surface area contributed by atoms with Crippen molar-refractivity contribution in [3.8, 4) is 5.75 Å². The summed E-state index contributed by atoms with van der Waals surface area (Å²) < 4.78 is 5.71. The molecule has 0 aromatic heterocycles. The van der Waals surface area contributed by atoms with Gasteiger partial charge in [0.2, 0.25) is 0 Å². The third-order valence-electron chi connectivity index (χ3n) is 3.20.